The Bertz CT molecular complexity index is 9800. The highest BCUT2D eigenvalue weighted by Gasteiger charge is 2.29. The Morgan fingerprint density at radius 1 is 0.104 bits per heavy atom. The van der Waals surface area contributed by atoms with Gasteiger partial charge in [0.15, 0.2) is 0 Å². The maximum atomic E-state index is 6.76. The van der Waals surface area contributed by atoms with Crippen LogP contribution < -0.4 is 0 Å². The summed E-state index contributed by atoms with van der Waals surface area (Å²) in [6.07, 6.45) is 0. The van der Waals surface area contributed by atoms with Crippen molar-refractivity contribution in [2.24, 2.45) is 0 Å². The van der Waals surface area contributed by atoms with Gasteiger partial charge in [-0.15, -0.1) is 0 Å². The van der Waals surface area contributed by atoms with Gasteiger partial charge in [-0.3, -0.25) is 0 Å². The summed E-state index contributed by atoms with van der Waals surface area (Å²) in [5.74, 6) is 0. The average Bonchev–Trinajstić information content (AvgIpc) is 1.61. The van der Waals surface area contributed by atoms with Crippen LogP contribution in [0.4, 0.5) is 0 Å². The number of para-hydroxylation sites is 3. The summed E-state index contributed by atoms with van der Waals surface area (Å²) in [6.45, 7) is 0. The van der Waals surface area contributed by atoms with Gasteiger partial charge in [-0.05, 0) is 240 Å². The second-order valence-electron chi connectivity index (χ2n) is 35.6. The van der Waals surface area contributed by atoms with Gasteiger partial charge in [0, 0.05) is 65.7 Å². The summed E-state index contributed by atoms with van der Waals surface area (Å²) in [7, 11) is 0. The Kier molecular flexibility index (Phi) is 18.0. The second-order valence-corrected chi connectivity index (χ2v) is 35.6. The van der Waals surface area contributed by atoms with Crippen LogP contribution in [0.25, 0.3) is 284 Å². The molecule has 0 radical (unpaired) electrons. The molecular formula is C132H80O3. The van der Waals surface area contributed by atoms with Crippen LogP contribution in [0.5, 0.6) is 0 Å². The van der Waals surface area contributed by atoms with Crippen molar-refractivity contribution in [1.82, 2.24) is 0 Å². The fraction of sp³-hybridized carbons (Fsp3) is 0. The number of rotatable bonds is 8. The minimum Gasteiger partial charge on any atom is -0.455 e. The molecule has 0 aliphatic carbocycles. The zero-order valence-corrected chi connectivity index (χ0v) is 73.4. The van der Waals surface area contributed by atoms with Gasteiger partial charge in [0.05, 0.1) is 0 Å². The molecule has 135 heavy (non-hydrogen) atoms. The minimum atomic E-state index is 0.912. The highest BCUT2D eigenvalue weighted by Crippen LogP contribution is 2.55. The van der Waals surface area contributed by atoms with Crippen LogP contribution >= 0.6 is 0 Å². The summed E-state index contributed by atoms with van der Waals surface area (Å²) in [4.78, 5) is 0. The maximum Gasteiger partial charge on any atom is 0.143 e. The van der Waals surface area contributed by atoms with Crippen LogP contribution in [-0.4, -0.2) is 0 Å². The van der Waals surface area contributed by atoms with E-state index in [0.29, 0.717) is 0 Å². The van der Waals surface area contributed by atoms with Crippen molar-refractivity contribution in [3.8, 4) is 89.0 Å². The predicted molar refractivity (Wildman–Crippen MR) is 575 cm³/mol. The highest BCUT2D eigenvalue weighted by molar-refractivity contribution is 6.33. The molecule has 3 aromatic heterocycles. The monoisotopic (exact) mass is 1710 g/mol. The van der Waals surface area contributed by atoms with Crippen LogP contribution in [-0.2, 0) is 0 Å². The van der Waals surface area contributed by atoms with Crippen molar-refractivity contribution < 1.29 is 13.3 Å². The molecule has 3 nitrogen and oxygen atoms in total. The van der Waals surface area contributed by atoms with E-state index in [1.807, 2.05) is 6.07 Å². The first-order valence-corrected chi connectivity index (χ1v) is 46.5. The SMILES string of the molecule is c1cc(-c2ccc3ccccc3c2)cc(-c2c3ccccc3c(-c3c4ccccc4cc4c3oc3ccccc34)c3ccccc23)c1.c1cc(-c2cccc3ccccc23)cc(-c2c3ccccc3c(-c3c4ccccc4cc4c3oc3ccccc34)c3ccccc23)c1.c1ccc2c(-c3c4ccccc4c(-c4c5ccccc5cc5c4oc4ccccc45)c4ccccc34)cccc2c1. The van der Waals surface area contributed by atoms with Gasteiger partial charge >= 0.3 is 0 Å². The first-order valence-electron chi connectivity index (χ1n) is 46.5. The fourth-order valence-electron chi connectivity index (χ4n) is 22.4. The molecule has 0 saturated heterocycles. The molecule has 0 aliphatic heterocycles. The van der Waals surface area contributed by atoms with Gasteiger partial charge in [0.25, 0.3) is 0 Å². The third-order valence-corrected chi connectivity index (χ3v) is 28.3. The van der Waals surface area contributed by atoms with Crippen LogP contribution in [0.1, 0.15) is 0 Å². The second kappa shape index (κ2) is 31.5. The van der Waals surface area contributed by atoms with Crippen LogP contribution in [0.2, 0.25) is 0 Å². The molecular weight excluding hydrogens is 1630 g/mol. The van der Waals surface area contributed by atoms with Crippen molar-refractivity contribution in [3.63, 3.8) is 0 Å². The molecule has 0 atom stereocenters. The molecule has 0 saturated carbocycles. The molecule has 0 unspecified atom stereocenters. The summed E-state index contributed by atoms with van der Waals surface area (Å²) < 4.78 is 20.2. The van der Waals surface area contributed by atoms with Crippen molar-refractivity contribution in [3.05, 3.63) is 485 Å². The molecule has 0 aliphatic rings. The van der Waals surface area contributed by atoms with E-state index < -0.39 is 0 Å². The van der Waals surface area contributed by atoms with Crippen molar-refractivity contribution in [2.75, 3.05) is 0 Å². The lowest BCUT2D eigenvalue weighted by atomic mass is 9.83. The summed E-state index contributed by atoms with van der Waals surface area (Å²) >= 11 is 0. The topological polar surface area (TPSA) is 39.4 Å². The van der Waals surface area contributed by atoms with Crippen molar-refractivity contribution in [2.45, 2.75) is 0 Å². The Hall–Kier alpha value is -17.8. The molecule has 3 heterocycles. The number of benzene rings is 26. The molecule has 26 aromatic carbocycles. The first-order chi connectivity index (χ1) is 67.0. The van der Waals surface area contributed by atoms with E-state index >= 15 is 0 Å². The molecule has 29 rings (SSSR count). The molecule has 3 heteroatoms. The third-order valence-electron chi connectivity index (χ3n) is 28.3. The maximum absolute atomic E-state index is 6.76. The van der Waals surface area contributed by atoms with E-state index in [2.05, 4.69) is 479 Å². The van der Waals surface area contributed by atoms with Gasteiger partial charge in [0.2, 0.25) is 0 Å². The van der Waals surface area contributed by atoms with Crippen LogP contribution in [0, 0.1) is 0 Å². The van der Waals surface area contributed by atoms with E-state index in [1.54, 1.807) is 0 Å². The normalized spacial score (nSPS) is 11.9. The Morgan fingerprint density at radius 2 is 0.348 bits per heavy atom. The fourth-order valence-corrected chi connectivity index (χ4v) is 22.4. The van der Waals surface area contributed by atoms with Gasteiger partial charge in [-0.25, -0.2) is 0 Å². The van der Waals surface area contributed by atoms with E-state index in [4.69, 9.17) is 13.3 Å². The number of furan rings is 3. The summed E-state index contributed by atoms with van der Waals surface area (Å²) in [5, 5.41) is 36.4. The Balaban J connectivity index is 0.000000103. The van der Waals surface area contributed by atoms with E-state index in [1.165, 1.54) is 202 Å². The van der Waals surface area contributed by atoms with Crippen molar-refractivity contribution >= 4 is 195 Å². The minimum absolute atomic E-state index is 0.912. The smallest absolute Gasteiger partial charge is 0.143 e. The summed E-state index contributed by atoms with van der Waals surface area (Å²) in [5.41, 5.74) is 25.0. The lowest BCUT2D eigenvalue weighted by molar-refractivity contribution is 0.670. The quantitative estimate of drug-likeness (QED) is 0.142. The molecule has 0 bridgehead atoms. The van der Waals surface area contributed by atoms with E-state index in [9.17, 15) is 0 Å². The standard InChI is InChI=1S/2C46H28O.C40H24O/c1-3-18-33-29(13-1)15-12-25-34(33)30-16-11-17-32(27-30)43-37-21-5-7-23-39(37)44(40-24-8-6-22-38(40)43)45-35-19-4-2-14-31(35)28-41-36-20-9-10-26-42(36)47-46(41)45;1-2-13-30-26-32(25-24-29(30)12-1)31-15-11-16-34(27-31)43-37-19-5-7-21-39(37)44(40-22-8-6-20-38(40)43)45-35-17-4-3-14-33(35)28-41-36-18-9-10-23-42(36)47-46(41)45;1-3-15-27-25(12-1)14-11-22-30(27)37-31-18-5-7-20-33(31)38(34-21-8-6-19-32(34)37)39-28-16-4-2-13-26(28)24-35-29-17-9-10-23-36(29)41-40(35)39/h2*1-28H;1-24H. The van der Waals surface area contributed by atoms with Gasteiger partial charge < -0.3 is 13.3 Å². The largest absolute Gasteiger partial charge is 0.455 e. The molecule has 626 valence electrons. The lowest BCUT2D eigenvalue weighted by Gasteiger charge is -2.20. The van der Waals surface area contributed by atoms with E-state index in [-0.39, 0.29) is 0 Å². The highest BCUT2D eigenvalue weighted by atomic mass is 16.3. The van der Waals surface area contributed by atoms with Crippen molar-refractivity contribution in [1.29, 1.82) is 0 Å². The lowest BCUT2D eigenvalue weighted by Crippen LogP contribution is -1.92. The summed E-state index contributed by atoms with van der Waals surface area (Å²) in [6, 6.07) is 176. The van der Waals surface area contributed by atoms with Crippen LogP contribution in [0.3, 0.4) is 0 Å². The molecule has 0 N–H and O–H groups in total. The average molecular weight is 1710 g/mol. The molecule has 0 amide bonds. The predicted octanol–water partition coefficient (Wildman–Crippen LogP) is 37.9. The first kappa shape index (κ1) is 77.2. The van der Waals surface area contributed by atoms with Crippen LogP contribution in [0.15, 0.2) is 499 Å². The zero-order chi connectivity index (χ0) is 88.7. The Labute approximate surface area is 777 Å². The third kappa shape index (κ3) is 12.5. The number of fused-ring (bicyclic) bond motifs is 21. The molecule has 0 fully saturated rings. The van der Waals surface area contributed by atoms with Gasteiger partial charge in [0.1, 0.15) is 33.5 Å². The number of hydrogen-bond donors (Lipinski definition) is 0. The zero-order valence-electron chi connectivity index (χ0n) is 73.4. The molecule has 0 spiro atoms. The van der Waals surface area contributed by atoms with E-state index in [0.717, 1.165) is 82.5 Å². The Morgan fingerprint density at radius 3 is 0.726 bits per heavy atom. The van der Waals surface area contributed by atoms with Gasteiger partial charge in [-0.2, -0.15) is 0 Å². The van der Waals surface area contributed by atoms with Gasteiger partial charge in [-0.1, -0.05) is 431 Å². The number of hydrogen-bond acceptors (Lipinski definition) is 3. The molecule has 29 aromatic rings.